The van der Waals surface area contributed by atoms with Gasteiger partial charge in [-0.05, 0) is 19.4 Å². The van der Waals surface area contributed by atoms with E-state index in [2.05, 4.69) is 5.32 Å². The zero-order valence-corrected chi connectivity index (χ0v) is 10.4. The van der Waals surface area contributed by atoms with Crippen molar-refractivity contribution in [2.75, 3.05) is 13.2 Å². The van der Waals surface area contributed by atoms with Gasteiger partial charge in [-0.25, -0.2) is 0 Å². The van der Waals surface area contributed by atoms with Crippen molar-refractivity contribution in [1.29, 1.82) is 0 Å². The number of furan rings is 1. The van der Waals surface area contributed by atoms with Crippen LogP contribution in [0.3, 0.4) is 0 Å². The Bertz CT molecular complexity index is 401. The first kappa shape index (κ1) is 14.2. The van der Waals surface area contributed by atoms with Crippen LogP contribution in [0, 0.1) is 0 Å². The number of nitrogens with one attached hydrogen (secondary N) is 1. The van der Waals surface area contributed by atoms with Crippen molar-refractivity contribution in [1.82, 2.24) is 5.32 Å². The summed E-state index contributed by atoms with van der Waals surface area (Å²) in [6, 6.07) is 1.60. The molecule has 0 bridgehead atoms. The highest BCUT2D eigenvalue weighted by atomic mass is 16.5. The van der Waals surface area contributed by atoms with E-state index in [4.69, 9.17) is 14.9 Å². The number of hydrogen-bond donors (Lipinski definition) is 2. The zero-order chi connectivity index (χ0) is 13.4. The molecule has 6 heteroatoms. The summed E-state index contributed by atoms with van der Waals surface area (Å²) in [5, 5.41) is 2.69. The highest BCUT2D eigenvalue weighted by Gasteiger charge is 2.09. The number of rotatable bonds is 7. The molecule has 1 aromatic heterocycles. The molecular formula is C12H18N2O4. The Morgan fingerprint density at radius 3 is 2.89 bits per heavy atom. The average molecular weight is 254 g/mol. The number of amides is 1. The first-order valence-corrected chi connectivity index (χ1v) is 5.88. The fourth-order valence-electron chi connectivity index (χ4n) is 1.38. The van der Waals surface area contributed by atoms with Crippen LogP contribution in [0.4, 0.5) is 0 Å². The molecule has 1 heterocycles. The van der Waals surface area contributed by atoms with E-state index >= 15 is 0 Å². The lowest BCUT2D eigenvalue weighted by Crippen LogP contribution is -2.24. The van der Waals surface area contributed by atoms with Crippen molar-refractivity contribution in [2.24, 2.45) is 5.73 Å². The van der Waals surface area contributed by atoms with Crippen molar-refractivity contribution < 1.29 is 18.7 Å². The van der Waals surface area contributed by atoms with E-state index in [0.29, 0.717) is 37.3 Å². The standard InChI is InChI=1S/C12H18N2O4/c1-2-17-11(15)4-3-5-14-12(16)9-6-10(7-13)18-8-9/h6,8H,2-5,7,13H2,1H3,(H,14,16). The first-order chi connectivity index (χ1) is 8.67. The highest BCUT2D eigenvalue weighted by molar-refractivity contribution is 5.93. The van der Waals surface area contributed by atoms with Crippen LogP contribution in [0.2, 0.25) is 0 Å². The van der Waals surface area contributed by atoms with Crippen LogP contribution in [0.5, 0.6) is 0 Å². The zero-order valence-electron chi connectivity index (χ0n) is 10.4. The molecule has 0 aliphatic heterocycles. The van der Waals surface area contributed by atoms with E-state index in [-0.39, 0.29) is 18.4 Å². The van der Waals surface area contributed by atoms with Gasteiger partial charge in [0.15, 0.2) is 0 Å². The van der Waals surface area contributed by atoms with Gasteiger partial charge in [0.1, 0.15) is 12.0 Å². The van der Waals surface area contributed by atoms with E-state index in [9.17, 15) is 9.59 Å². The molecule has 3 N–H and O–H groups in total. The van der Waals surface area contributed by atoms with Crippen LogP contribution in [0.1, 0.15) is 35.9 Å². The number of esters is 1. The maximum Gasteiger partial charge on any atom is 0.305 e. The molecule has 1 aromatic rings. The predicted molar refractivity (Wildman–Crippen MR) is 64.8 cm³/mol. The van der Waals surface area contributed by atoms with Crippen molar-refractivity contribution in [3.63, 3.8) is 0 Å². The molecule has 6 nitrogen and oxygen atoms in total. The maximum absolute atomic E-state index is 11.6. The Morgan fingerprint density at radius 2 is 2.28 bits per heavy atom. The SMILES string of the molecule is CCOC(=O)CCCNC(=O)c1coc(CN)c1. The molecule has 0 saturated carbocycles. The van der Waals surface area contributed by atoms with E-state index in [1.54, 1.807) is 13.0 Å². The van der Waals surface area contributed by atoms with Gasteiger partial charge in [0, 0.05) is 13.0 Å². The third-order valence-electron chi connectivity index (χ3n) is 2.27. The van der Waals surface area contributed by atoms with E-state index < -0.39 is 0 Å². The number of ether oxygens (including phenoxy) is 1. The van der Waals surface area contributed by atoms with Gasteiger partial charge in [-0.2, -0.15) is 0 Å². The lowest BCUT2D eigenvalue weighted by molar-refractivity contribution is -0.143. The Hall–Kier alpha value is -1.82. The maximum atomic E-state index is 11.6. The third kappa shape index (κ3) is 4.58. The molecule has 0 spiro atoms. The van der Waals surface area contributed by atoms with Crippen molar-refractivity contribution in [3.8, 4) is 0 Å². The first-order valence-electron chi connectivity index (χ1n) is 5.88. The summed E-state index contributed by atoms with van der Waals surface area (Å²) in [6.07, 6.45) is 2.21. The Kier molecular flexibility index (Phi) is 5.93. The molecular weight excluding hydrogens is 236 g/mol. The van der Waals surface area contributed by atoms with E-state index in [1.807, 2.05) is 0 Å². The van der Waals surface area contributed by atoms with Crippen LogP contribution >= 0.6 is 0 Å². The van der Waals surface area contributed by atoms with Crippen LogP contribution in [0.15, 0.2) is 16.7 Å². The minimum atomic E-state index is -0.250. The number of hydrogen-bond acceptors (Lipinski definition) is 5. The largest absolute Gasteiger partial charge is 0.467 e. The van der Waals surface area contributed by atoms with Gasteiger partial charge in [0.2, 0.25) is 0 Å². The summed E-state index contributed by atoms with van der Waals surface area (Å²) in [6.45, 7) is 2.81. The van der Waals surface area contributed by atoms with Gasteiger partial charge in [-0.3, -0.25) is 9.59 Å². The molecule has 1 rings (SSSR count). The third-order valence-corrected chi connectivity index (χ3v) is 2.27. The number of nitrogens with two attached hydrogens (primary N) is 1. The van der Waals surface area contributed by atoms with Crippen molar-refractivity contribution >= 4 is 11.9 Å². The van der Waals surface area contributed by atoms with E-state index in [1.165, 1.54) is 6.26 Å². The van der Waals surface area contributed by atoms with Crippen LogP contribution in [0.25, 0.3) is 0 Å². The molecule has 0 aliphatic carbocycles. The van der Waals surface area contributed by atoms with Crippen LogP contribution < -0.4 is 11.1 Å². The molecule has 18 heavy (non-hydrogen) atoms. The minimum Gasteiger partial charge on any atom is -0.467 e. The summed E-state index contributed by atoms with van der Waals surface area (Å²) in [5.41, 5.74) is 5.81. The quantitative estimate of drug-likeness (QED) is 0.554. The topological polar surface area (TPSA) is 94.6 Å². The van der Waals surface area contributed by atoms with Gasteiger partial charge in [0.05, 0.1) is 18.7 Å². The number of carbonyl (C=O) groups is 2. The van der Waals surface area contributed by atoms with Gasteiger partial charge in [0.25, 0.3) is 5.91 Å². The second kappa shape index (κ2) is 7.50. The van der Waals surface area contributed by atoms with Crippen molar-refractivity contribution in [2.45, 2.75) is 26.3 Å². The Morgan fingerprint density at radius 1 is 1.50 bits per heavy atom. The van der Waals surface area contributed by atoms with Gasteiger partial charge < -0.3 is 20.2 Å². The molecule has 0 unspecified atom stereocenters. The lowest BCUT2D eigenvalue weighted by atomic mass is 10.2. The smallest absolute Gasteiger partial charge is 0.305 e. The summed E-state index contributed by atoms with van der Waals surface area (Å²) in [5.74, 6) is 0.0782. The number of carbonyl (C=O) groups excluding carboxylic acids is 2. The second-order valence-electron chi connectivity index (χ2n) is 3.67. The monoisotopic (exact) mass is 254 g/mol. The molecule has 0 fully saturated rings. The van der Waals surface area contributed by atoms with Crippen molar-refractivity contribution in [3.05, 3.63) is 23.7 Å². The predicted octanol–water partition coefficient (Wildman–Crippen LogP) is 0.811. The molecule has 0 saturated heterocycles. The molecule has 1 amide bonds. The van der Waals surface area contributed by atoms with Crippen LogP contribution in [-0.2, 0) is 16.1 Å². The van der Waals surface area contributed by atoms with Crippen LogP contribution in [-0.4, -0.2) is 25.0 Å². The second-order valence-corrected chi connectivity index (χ2v) is 3.67. The minimum absolute atomic E-state index is 0.234. The Balaban J connectivity index is 2.23. The fourth-order valence-corrected chi connectivity index (χ4v) is 1.38. The summed E-state index contributed by atoms with van der Waals surface area (Å²) >= 11 is 0. The molecule has 0 atom stereocenters. The fraction of sp³-hybridized carbons (Fsp3) is 0.500. The Labute approximate surface area is 105 Å². The summed E-state index contributed by atoms with van der Waals surface area (Å²) in [7, 11) is 0. The van der Waals surface area contributed by atoms with Gasteiger partial charge in [-0.15, -0.1) is 0 Å². The highest BCUT2D eigenvalue weighted by Crippen LogP contribution is 2.06. The summed E-state index contributed by atoms with van der Waals surface area (Å²) in [4.78, 5) is 22.7. The summed E-state index contributed by atoms with van der Waals surface area (Å²) < 4.78 is 9.82. The normalized spacial score (nSPS) is 10.1. The average Bonchev–Trinajstić information content (AvgIpc) is 2.83. The molecule has 0 aliphatic rings. The lowest BCUT2D eigenvalue weighted by Gasteiger charge is -2.03. The molecule has 100 valence electrons. The van der Waals surface area contributed by atoms with Gasteiger partial charge >= 0.3 is 5.97 Å². The van der Waals surface area contributed by atoms with Gasteiger partial charge in [-0.1, -0.05) is 0 Å². The van der Waals surface area contributed by atoms with E-state index in [0.717, 1.165) is 0 Å². The molecule has 0 radical (unpaired) electrons. The molecule has 0 aromatic carbocycles.